The van der Waals surface area contributed by atoms with Gasteiger partial charge < -0.3 is 4.74 Å². The smallest absolute Gasteiger partial charge is 0.303 e. The highest BCUT2D eigenvalue weighted by Gasteiger charge is 2.20. The monoisotopic (exact) mass is 320 g/mol. The maximum Gasteiger partial charge on any atom is 0.303 e. The fourth-order valence-electron chi connectivity index (χ4n) is 1.68. The summed E-state index contributed by atoms with van der Waals surface area (Å²) < 4.78 is 56.9. The molecule has 114 valence electrons. The van der Waals surface area contributed by atoms with Crippen LogP contribution in [0.25, 0.3) is 0 Å². The van der Waals surface area contributed by atoms with Crippen LogP contribution in [0.2, 0.25) is 0 Å². The van der Waals surface area contributed by atoms with Gasteiger partial charge in [-0.05, 0) is 23.1 Å². The zero-order valence-corrected chi connectivity index (χ0v) is 11.4. The van der Waals surface area contributed by atoms with Gasteiger partial charge in [0.1, 0.15) is 0 Å². The van der Waals surface area contributed by atoms with E-state index in [-0.39, 0.29) is 0 Å². The third kappa shape index (κ3) is 4.21. The molecule has 0 amide bonds. The van der Waals surface area contributed by atoms with E-state index in [0.29, 0.717) is 14.6 Å². The van der Waals surface area contributed by atoms with E-state index in [1.54, 1.807) is 0 Å². The summed E-state index contributed by atoms with van der Waals surface area (Å²) in [5.41, 5.74) is -0.834. The van der Waals surface area contributed by atoms with E-state index >= 15 is 0 Å². The lowest BCUT2D eigenvalue weighted by molar-refractivity contribution is 0.184. The summed E-state index contributed by atoms with van der Waals surface area (Å²) in [6.45, 7) is 0. The first-order valence-electron chi connectivity index (χ1n) is 6.22. The molecule has 2 aromatic carbocycles. The molecule has 0 bridgehead atoms. The van der Waals surface area contributed by atoms with Crippen LogP contribution in [0.3, 0.4) is 0 Å². The van der Waals surface area contributed by atoms with Crippen LogP contribution in [0.15, 0.2) is 36.4 Å². The minimum atomic E-state index is -1.28. The van der Waals surface area contributed by atoms with Crippen LogP contribution < -0.4 is 10.9 Å². The van der Waals surface area contributed by atoms with E-state index in [2.05, 4.69) is 4.74 Å². The molecule has 2 aromatic rings. The maximum atomic E-state index is 13.3. The molecule has 0 aliphatic carbocycles. The summed E-state index contributed by atoms with van der Waals surface area (Å²) in [6, 6.07) is 6.22. The zero-order chi connectivity index (χ0) is 17.0. The molecule has 9 heteroatoms. The van der Waals surface area contributed by atoms with Crippen molar-refractivity contribution in [3.05, 3.63) is 59.7 Å². The van der Waals surface area contributed by atoms with E-state index in [1.165, 1.54) is 0 Å². The maximum absolute atomic E-state index is 13.3. The molecule has 0 unspecified atom stereocenters. The average molecular weight is 320 g/mol. The molecule has 0 atom stereocenters. The second-order valence-electron chi connectivity index (χ2n) is 4.31. The highest BCUT2D eigenvalue weighted by atomic mass is 19.2. The van der Waals surface area contributed by atoms with E-state index in [0.717, 1.165) is 36.4 Å². The predicted octanol–water partition coefficient (Wildman–Crippen LogP) is 1.86. The Bertz CT molecular complexity index is 704. The van der Waals surface area contributed by atoms with E-state index in [4.69, 9.17) is 0 Å². The van der Waals surface area contributed by atoms with Crippen molar-refractivity contribution in [2.24, 2.45) is 0 Å². The minimum Gasteiger partial charge on any atom is -0.411 e. The van der Waals surface area contributed by atoms with Gasteiger partial charge in [0.25, 0.3) is 11.7 Å². The highest BCUT2D eigenvalue weighted by molar-refractivity contribution is 6.87. The predicted molar refractivity (Wildman–Crippen MR) is 75.4 cm³/mol. The fourth-order valence-corrected chi connectivity index (χ4v) is 1.68. The van der Waals surface area contributed by atoms with Gasteiger partial charge in [0, 0.05) is 0 Å². The van der Waals surface area contributed by atoms with Crippen LogP contribution in [-0.4, -0.2) is 26.3 Å². The summed E-state index contributed by atoms with van der Waals surface area (Å²) in [5, 5.41) is 0. The van der Waals surface area contributed by atoms with Crippen molar-refractivity contribution in [1.82, 2.24) is 0 Å². The van der Waals surface area contributed by atoms with Crippen molar-refractivity contribution in [1.29, 1.82) is 0 Å². The molecule has 23 heavy (non-hydrogen) atoms. The number of carbonyl (C=O) groups excluding carboxylic acids is 2. The molecule has 0 N–H and O–H groups in total. The van der Waals surface area contributed by atoms with Crippen molar-refractivity contribution in [3.8, 4) is 0 Å². The Morgan fingerprint density at radius 1 is 0.739 bits per heavy atom. The first-order chi connectivity index (χ1) is 10.9. The molecule has 0 fully saturated rings. The summed E-state index contributed by atoms with van der Waals surface area (Å²) in [7, 11) is 1.12. The third-order valence-electron chi connectivity index (χ3n) is 2.71. The minimum absolute atomic E-state index is 0.417. The van der Waals surface area contributed by atoms with Gasteiger partial charge in [-0.2, -0.15) is 0 Å². The molecule has 2 radical (unpaired) electrons. The normalized spacial score (nSPS) is 10.1. The Hall–Kier alpha value is -2.57. The quantitative estimate of drug-likeness (QED) is 0.491. The number of rotatable bonds is 4. The van der Waals surface area contributed by atoms with Gasteiger partial charge in [0.05, 0.1) is 0 Å². The average Bonchev–Trinajstić information content (AvgIpc) is 2.48. The SMILES string of the molecule is O=C([B]c1cccc(F)c1F)OC(=O)[B]c1cccc(F)c1F. The molecular formula is C14H6B2F4O3. The zero-order valence-electron chi connectivity index (χ0n) is 11.4. The first kappa shape index (κ1) is 16.8. The summed E-state index contributed by atoms with van der Waals surface area (Å²) in [4.78, 5) is 22.9. The topological polar surface area (TPSA) is 43.4 Å². The van der Waals surface area contributed by atoms with Crippen LogP contribution in [0.4, 0.5) is 27.2 Å². The summed E-state index contributed by atoms with van der Waals surface area (Å²) in [6.07, 6.45) is 0. The van der Waals surface area contributed by atoms with Crippen LogP contribution in [-0.2, 0) is 4.74 Å². The Kier molecular flexibility index (Phi) is 5.20. The van der Waals surface area contributed by atoms with Gasteiger partial charge in [0.15, 0.2) is 23.3 Å². The molecule has 3 nitrogen and oxygen atoms in total. The third-order valence-corrected chi connectivity index (χ3v) is 2.71. The fraction of sp³-hybridized carbons (Fsp3) is 0. The largest absolute Gasteiger partial charge is 0.411 e. The lowest BCUT2D eigenvalue weighted by atomic mass is 9.68. The molecule has 0 aliphatic heterocycles. The van der Waals surface area contributed by atoms with Crippen LogP contribution in [0.5, 0.6) is 0 Å². The van der Waals surface area contributed by atoms with E-state index in [9.17, 15) is 27.2 Å². The van der Waals surface area contributed by atoms with Crippen molar-refractivity contribution in [3.63, 3.8) is 0 Å². The molecule has 0 saturated carbocycles. The summed E-state index contributed by atoms with van der Waals surface area (Å²) >= 11 is 0. The summed E-state index contributed by atoms with van der Waals surface area (Å²) in [5.74, 6) is -7.48. The number of ether oxygens (including phenoxy) is 1. The Morgan fingerprint density at radius 3 is 1.52 bits per heavy atom. The highest BCUT2D eigenvalue weighted by Crippen LogP contribution is 2.02. The molecular weight excluding hydrogens is 314 g/mol. The molecule has 0 aromatic heterocycles. The molecule has 0 aliphatic rings. The van der Waals surface area contributed by atoms with Gasteiger partial charge in [-0.1, -0.05) is 24.3 Å². The van der Waals surface area contributed by atoms with Gasteiger partial charge in [-0.25, -0.2) is 17.6 Å². The number of hydrogen-bond donors (Lipinski definition) is 0. The van der Waals surface area contributed by atoms with Crippen molar-refractivity contribution in [2.45, 2.75) is 0 Å². The number of halogens is 4. The molecule has 0 heterocycles. The van der Waals surface area contributed by atoms with Crippen molar-refractivity contribution in [2.75, 3.05) is 0 Å². The van der Waals surface area contributed by atoms with Crippen LogP contribution in [0.1, 0.15) is 0 Å². The first-order valence-corrected chi connectivity index (χ1v) is 6.22. The standard InChI is InChI=1S/C14H6B2F4O3/c17-9-5-1-3-7(11(9)19)15-13(21)23-14(22)16-8-4-2-6-10(18)12(8)20/h1-6H. The number of benzene rings is 2. The van der Waals surface area contributed by atoms with Gasteiger partial charge in [0.2, 0.25) is 0 Å². The van der Waals surface area contributed by atoms with Gasteiger partial charge in [-0.3, -0.25) is 9.59 Å². The second-order valence-corrected chi connectivity index (χ2v) is 4.31. The second kappa shape index (κ2) is 7.13. The Morgan fingerprint density at radius 2 is 1.13 bits per heavy atom. The van der Waals surface area contributed by atoms with Crippen LogP contribution in [0, 0.1) is 23.3 Å². The molecule has 0 spiro atoms. The van der Waals surface area contributed by atoms with Gasteiger partial charge in [-0.15, -0.1) is 0 Å². The Labute approximate surface area is 129 Å². The lowest BCUT2D eigenvalue weighted by Gasteiger charge is -2.05. The lowest BCUT2D eigenvalue weighted by Crippen LogP contribution is -2.34. The molecule has 2 rings (SSSR count). The number of carbonyl (C=O) groups is 2. The van der Waals surface area contributed by atoms with E-state index < -0.39 is 45.9 Å². The van der Waals surface area contributed by atoms with E-state index in [1.807, 2.05) is 0 Å². The van der Waals surface area contributed by atoms with Crippen molar-refractivity contribution >= 4 is 37.2 Å². The van der Waals surface area contributed by atoms with Gasteiger partial charge >= 0.3 is 14.6 Å². The van der Waals surface area contributed by atoms with Crippen LogP contribution >= 0.6 is 0 Å². The Balaban J connectivity index is 1.99. The number of hydrogen-bond acceptors (Lipinski definition) is 3. The van der Waals surface area contributed by atoms with Crippen molar-refractivity contribution < 1.29 is 31.9 Å². The molecule has 0 saturated heterocycles.